The minimum atomic E-state index is -4.84. The van der Waals surface area contributed by atoms with Crippen molar-refractivity contribution in [1.29, 1.82) is 0 Å². The fourth-order valence-electron chi connectivity index (χ4n) is 3.27. The zero-order valence-corrected chi connectivity index (χ0v) is 16.4. The molecule has 0 spiro atoms. The summed E-state index contributed by atoms with van der Waals surface area (Å²) < 4.78 is 63.9. The van der Waals surface area contributed by atoms with Crippen LogP contribution < -0.4 is 19.9 Å². The summed E-state index contributed by atoms with van der Waals surface area (Å²) >= 11 is 0. The van der Waals surface area contributed by atoms with Crippen LogP contribution in [0.25, 0.3) is 0 Å². The van der Waals surface area contributed by atoms with Crippen LogP contribution in [-0.2, 0) is 24.1 Å². The highest BCUT2D eigenvalue weighted by molar-refractivity contribution is 5.93. The molecule has 0 fully saturated rings. The van der Waals surface area contributed by atoms with Gasteiger partial charge in [-0.2, -0.15) is 13.2 Å². The molecule has 0 saturated heterocycles. The Labute approximate surface area is 179 Å². The number of carbonyl (C=O) groups excluding carboxylic acids is 1. The van der Waals surface area contributed by atoms with Crippen molar-refractivity contribution in [2.75, 3.05) is 11.7 Å². The number of fused-ring (bicyclic) bond motifs is 1. The smallest absolute Gasteiger partial charge is 0.421 e. The van der Waals surface area contributed by atoms with Crippen LogP contribution in [0.1, 0.15) is 11.1 Å². The topological polar surface area (TPSA) is 60.8 Å². The number of hydrogen-bond donors (Lipinski definition) is 0. The molecule has 1 aliphatic rings. The third-order valence-corrected chi connectivity index (χ3v) is 4.85. The van der Waals surface area contributed by atoms with E-state index in [1.54, 1.807) is 18.2 Å². The predicted molar refractivity (Wildman–Crippen MR) is 106 cm³/mol. The Kier molecular flexibility index (Phi) is 5.60. The van der Waals surface area contributed by atoms with Crippen LogP contribution >= 0.6 is 0 Å². The molecule has 0 N–H and O–H groups in total. The molecule has 1 aliphatic heterocycles. The van der Waals surface area contributed by atoms with E-state index in [1.165, 1.54) is 17.0 Å². The minimum absolute atomic E-state index is 0.00875. The molecule has 0 saturated carbocycles. The highest BCUT2D eigenvalue weighted by Gasteiger charge is 2.34. The summed E-state index contributed by atoms with van der Waals surface area (Å²) in [4.78, 5) is 26.6. The van der Waals surface area contributed by atoms with E-state index in [1.807, 2.05) is 0 Å². The van der Waals surface area contributed by atoms with Gasteiger partial charge in [0.1, 0.15) is 17.9 Å². The number of anilines is 1. The Balaban J connectivity index is 1.65. The number of carbonyl (C=O) groups is 1. The highest BCUT2D eigenvalue weighted by Crippen LogP contribution is 2.33. The molecule has 2 heterocycles. The quantitative estimate of drug-likeness (QED) is 0.555. The summed E-state index contributed by atoms with van der Waals surface area (Å²) in [5.74, 6) is -0.138. The van der Waals surface area contributed by atoms with Crippen LogP contribution in [0.5, 0.6) is 11.5 Å². The van der Waals surface area contributed by atoms with E-state index >= 15 is 0 Å². The lowest BCUT2D eigenvalue weighted by Gasteiger charge is -2.24. The third kappa shape index (κ3) is 4.43. The largest absolute Gasteiger partial charge is 0.454 e. The Morgan fingerprint density at radius 1 is 1.03 bits per heavy atom. The average molecular weight is 448 g/mol. The van der Waals surface area contributed by atoms with Crippen LogP contribution in [-0.4, -0.2) is 17.3 Å². The molecular formula is C22H16F4N2O4. The number of hydrogen-bond acceptors (Lipinski definition) is 4. The monoisotopic (exact) mass is 448 g/mol. The average Bonchev–Trinajstić information content (AvgIpc) is 3.21. The Morgan fingerprint density at radius 2 is 1.75 bits per heavy atom. The molecule has 1 aromatic heterocycles. The molecule has 0 bridgehead atoms. The number of nitrogens with zero attached hydrogens (tertiary/aromatic N) is 2. The van der Waals surface area contributed by atoms with Gasteiger partial charge in [0.25, 0.3) is 5.56 Å². The van der Waals surface area contributed by atoms with Crippen LogP contribution in [0, 0.1) is 5.82 Å². The van der Waals surface area contributed by atoms with Gasteiger partial charge >= 0.3 is 6.18 Å². The Bertz CT molecular complexity index is 1210. The maximum absolute atomic E-state index is 13.4. The molecule has 0 radical (unpaired) electrons. The molecule has 1 amide bonds. The van der Waals surface area contributed by atoms with Gasteiger partial charge in [0.2, 0.25) is 12.7 Å². The minimum Gasteiger partial charge on any atom is -0.454 e. The number of halogens is 4. The molecule has 0 unspecified atom stereocenters. The van der Waals surface area contributed by atoms with Gasteiger partial charge in [-0.1, -0.05) is 6.07 Å². The molecule has 3 aromatic rings. The summed E-state index contributed by atoms with van der Waals surface area (Å²) in [6, 6.07) is 11.8. The molecule has 166 valence electrons. The summed E-state index contributed by atoms with van der Waals surface area (Å²) in [7, 11) is 0. The second-order valence-corrected chi connectivity index (χ2v) is 7.00. The zero-order chi connectivity index (χ0) is 22.9. The zero-order valence-electron chi connectivity index (χ0n) is 16.4. The van der Waals surface area contributed by atoms with E-state index in [4.69, 9.17) is 9.47 Å². The van der Waals surface area contributed by atoms with E-state index in [0.717, 1.165) is 24.4 Å². The van der Waals surface area contributed by atoms with Gasteiger partial charge in [-0.25, -0.2) is 4.39 Å². The fourth-order valence-corrected chi connectivity index (χ4v) is 3.27. The van der Waals surface area contributed by atoms with Crippen molar-refractivity contribution in [2.45, 2.75) is 19.3 Å². The van der Waals surface area contributed by atoms with Crippen molar-refractivity contribution >= 4 is 11.6 Å². The normalized spacial score (nSPS) is 12.6. The summed E-state index contributed by atoms with van der Waals surface area (Å²) in [5, 5.41) is 0. The number of pyridine rings is 1. The van der Waals surface area contributed by atoms with Crippen molar-refractivity contribution in [3.63, 3.8) is 0 Å². The van der Waals surface area contributed by atoms with Gasteiger partial charge < -0.3 is 18.9 Å². The molecule has 10 heteroatoms. The van der Waals surface area contributed by atoms with Crippen molar-refractivity contribution < 1.29 is 31.8 Å². The second-order valence-electron chi connectivity index (χ2n) is 7.00. The standard InChI is InChI=1S/C22H16F4N2O4/c23-15-4-6-16(7-5-15)28(11-14-3-8-18-19(10-14)32-13-31-18)20(29)12-27-9-1-2-17(21(27)30)22(24,25)26/h1-10H,11-13H2. The van der Waals surface area contributed by atoms with E-state index in [0.29, 0.717) is 33.4 Å². The first-order valence-electron chi connectivity index (χ1n) is 9.43. The third-order valence-electron chi connectivity index (χ3n) is 4.85. The van der Waals surface area contributed by atoms with Gasteiger partial charge in [0.15, 0.2) is 11.5 Å². The lowest BCUT2D eigenvalue weighted by atomic mass is 10.1. The SMILES string of the molecule is O=C(Cn1cccc(C(F)(F)F)c1=O)N(Cc1ccc2c(c1)OCO2)c1ccc(F)cc1. The molecule has 6 nitrogen and oxygen atoms in total. The number of benzene rings is 2. The van der Waals surface area contributed by atoms with Crippen LogP contribution in [0.2, 0.25) is 0 Å². The summed E-state index contributed by atoms with van der Waals surface area (Å²) in [6.45, 7) is -0.558. The number of ether oxygens (including phenoxy) is 2. The number of aromatic nitrogens is 1. The molecule has 2 aromatic carbocycles. The highest BCUT2D eigenvalue weighted by atomic mass is 19.4. The first kappa shape index (κ1) is 21.4. The molecular weight excluding hydrogens is 432 g/mol. The van der Waals surface area contributed by atoms with Crippen LogP contribution in [0.4, 0.5) is 23.2 Å². The summed E-state index contributed by atoms with van der Waals surface area (Å²) in [6.07, 6.45) is -3.73. The van der Waals surface area contributed by atoms with Gasteiger partial charge in [0.05, 0.1) is 6.54 Å². The van der Waals surface area contributed by atoms with Crippen molar-refractivity contribution in [3.8, 4) is 11.5 Å². The summed E-state index contributed by atoms with van der Waals surface area (Å²) in [5.41, 5.74) is -1.73. The Morgan fingerprint density at radius 3 is 2.47 bits per heavy atom. The van der Waals surface area contributed by atoms with Crippen molar-refractivity contribution in [3.05, 3.63) is 88.1 Å². The van der Waals surface area contributed by atoms with E-state index in [2.05, 4.69) is 0 Å². The van der Waals surface area contributed by atoms with Crippen LogP contribution in [0.3, 0.4) is 0 Å². The van der Waals surface area contributed by atoms with Crippen LogP contribution in [0.15, 0.2) is 65.6 Å². The van der Waals surface area contributed by atoms with E-state index in [9.17, 15) is 27.2 Å². The molecule has 0 aliphatic carbocycles. The number of amides is 1. The molecule has 0 atom stereocenters. The Hall–Kier alpha value is -3.82. The first-order valence-corrected chi connectivity index (χ1v) is 9.43. The number of rotatable bonds is 5. The van der Waals surface area contributed by atoms with Gasteiger partial charge in [-0.3, -0.25) is 9.59 Å². The number of alkyl halides is 3. The fraction of sp³-hybridized carbons (Fsp3) is 0.182. The molecule has 32 heavy (non-hydrogen) atoms. The van der Waals surface area contributed by atoms with E-state index < -0.39 is 35.6 Å². The maximum atomic E-state index is 13.4. The van der Waals surface area contributed by atoms with E-state index in [-0.39, 0.29) is 13.3 Å². The van der Waals surface area contributed by atoms with Gasteiger partial charge in [-0.05, 0) is 54.1 Å². The molecule has 4 rings (SSSR count). The van der Waals surface area contributed by atoms with Crippen molar-refractivity contribution in [2.24, 2.45) is 0 Å². The first-order chi connectivity index (χ1) is 15.2. The van der Waals surface area contributed by atoms with Gasteiger partial charge in [-0.15, -0.1) is 0 Å². The predicted octanol–water partition coefficient (Wildman–Crippen LogP) is 3.97. The van der Waals surface area contributed by atoms with Gasteiger partial charge in [0, 0.05) is 11.9 Å². The lowest BCUT2D eigenvalue weighted by molar-refractivity contribution is -0.139. The van der Waals surface area contributed by atoms with Crippen molar-refractivity contribution in [1.82, 2.24) is 4.57 Å². The second kappa shape index (κ2) is 8.37. The maximum Gasteiger partial charge on any atom is 0.421 e. The lowest BCUT2D eigenvalue weighted by Crippen LogP contribution is -2.37.